The summed E-state index contributed by atoms with van der Waals surface area (Å²) in [6.45, 7) is 1.27. The van der Waals surface area contributed by atoms with Crippen LogP contribution in [0.3, 0.4) is 0 Å². The number of carbonyl (C=O) groups is 1. The molecule has 0 fully saturated rings. The molecule has 0 heterocycles. The van der Waals surface area contributed by atoms with Gasteiger partial charge in [-0.15, -0.1) is 0 Å². The zero-order chi connectivity index (χ0) is 14.6. The van der Waals surface area contributed by atoms with Gasteiger partial charge in [0.1, 0.15) is 5.54 Å². The monoisotopic (exact) mass is 288 g/mol. The van der Waals surface area contributed by atoms with Crippen LogP contribution < -0.4 is 10.5 Å². The number of carboxylic acid groups (broad SMARTS) is 1. The van der Waals surface area contributed by atoms with Crippen LogP contribution in [-0.4, -0.2) is 28.1 Å². The van der Waals surface area contributed by atoms with Crippen molar-refractivity contribution in [2.75, 3.05) is 6.61 Å². The molecular weight excluding hydrogens is 276 g/mol. The Hall–Kier alpha value is -1.86. The van der Waals surface area contributed by atoms with Crippen LogP contribution in [0.2, 0.25) is 5.02 Å². The highest BCUT2D eigenvalue weighted by atomic mass is 35.5. The van der Waals surface area contributed by atoms with E-state index < -0.39 is 16.4 Å². The van der Waals surface area contributed by atoms with Crippen LogP contribution in [0.1, 0.15) is 13.3 Å². The van der Waals surface area contributed by atoms with E-state index in [-0.39, 0.29) is 29.5 Å². The lowest BCUT2D eigenvalue weighted by atomic mass is 10.0. The molecular formula is C11H13ClN2O5. The van der Waals surface area contributed by atoms with Gasteiger partial charge in [-0.1, -0.05) is 11.6 Å². The van der Waals surface area contributed by atoms with Crippen LogP contribution in [0, 0.1) is 10.1 Å². The average Bonchev–Trinajstić information content (AvgIpc) is 2.28. The molecule has 0 aromatic heterocycles. The molecule has 3 N–H and O–H groups in total. The molecule has 1 rings (SSSR count). The molecule has 0 aliphatic carbocycles. The SMILES string of the molecule is CC(N)(CCOc1cc(Cl)ccc1[N+](=O)[O-])C(=O)O. The summed E-state index contributed by atoms with van der Waals surface area (Å²) >= 11 is 5.72. The fourth-order valence-corrected chi connectivity index (χ4v) is 1.40. The standard InChI is InChI=1S/C11H13ClN2O5/c1-11(13,10(15)16)4-5-19-9-6-7(12)2-3-8(9)14(17)18/h2-3,6H,4-5,13H2,1H3,(H,15,16). The van der Waals surface area contributed by atoms with Gasteiger partial charge in [0.25, 0.3) is 0 Å². The van der Waals surface area contributed by atoms with Gasteiger partial charge in [-0.05, 0) is 13.0 Å². The lowest BCUT2D eigenvalue weighted by Gasteiger charge is -2.18. The van der Waals surface area contributed by atoms with Crippen LogP contribution in [0.25, 0.3) is 0 Å². The number of nitro benzene ring substituents is 1. The third-order valence-electron chi connectivity index (χ3n) is 2.49. The molecule has 0 saturated carbocycles. The number of rotatable bonds is 6. The lowest BCUT2D eigenvalue weighted by Crippen LogP contribution is -2.45. The topological polar surface area (TPSA) is 116 Å². The molecule has 0 radical (unpaired) electrons. The fraction of sp³-hybridized carbons (Fsp3) is 0.364. The van der Waals surface area contributed by atoms with Crippen molar-refractivity contribution < 1.29 is 19.6 Å². The molecule has 1 aromatic carbocycles. The van der Waals surface area contributed by atoms with E-state index in [1.54, 1.807) is 0 Å². The van der Waals surface area contributed by atoms with E-state index in [1.165, 1.54) is 25.1 Å². The summed E-state index contributed by atoms with van der Waals surface area (Å²) in [5, 5.41) is 19.9. The molecule has 1 atom stereocenters. The molecule has 0 bridgehead atoms. The molecule has 0 spiro atoms. The van der Waals surface area contributed by atoms with Crippen molar-refractivity contribution in [3.63, 3.8) is 0 Å². The van der Waals surface area contributed by atoms with E-state index in [2.05, 4.69) is 0 Å². The maximum Gasteiger partial charge on any atom is 0.323 e. The number of nitro groups is 1. The number of benzene rings is 1. The van der Waals surface area contributed by atoms with E-state index >= 15 is 0 Å². The molecule has 0 amide bonds. The lowest BCUT2D eigenvalue weighted by molar-refractivity contribution is -0.385. The maximum atomic E-state index is 10.8. The van der Waals surface area contributed by atoms with Gasteiger partial charge in [0.15, 0.2) is 5.75 Å². The Bertz CT molecular complexity index is 504. The zero-order valence-corrected chi connectivity index (χ0v) is 10.9. The number of halogens is 1. The average molecular weight is 289 g/mol. The summed E-state index contributed by atoms with van der Waals surface area (Å²) < 4.78 is 5.20. The number of hydrogen-bond acceptors (Lipinski definition) is 5. The Morgan fingerprint density at radius 3 is 2.79 bits per heavy atom. The minimum absolute atomic E-state index is 0.00595. The summed E-state index contributed by atoms with van der Waals surface area (Å²) in [7, 11) is 0. The quantitative estimate of drug-likeness (QED) is 0.609. The van der Waals surface area contributed by atoms with Crippen LogP contribution in [0.5, 0.6) is 5.75 Å². The predicted octanol–water partition coefficient (Wildman–Crippen LogP) is 1.82. The van der Waals surface area contributed by atoms with Crippen molar-refractivity contribution in [3.05, 3.63) is 33.3 Å². The second-order valence-corrected chi connectivity index (χ2v) is 4.63. The predicted molar refractivity (Wildman–Crippen MR) is 68.4 cm³/mol. The second-order valence-electron chi connectivity index (χ2n) is 4.19. The molecule has 0 aliphatic heterocycles. The number of carboxylic acids is 1. The van der Waals surface area contributed by atoms with Crippen molar-refractivity contribution in [1.82, 2.24) is 0 Å². The van der Waals surface area contributed by atoms with E-state index in [1.807, 2.05) is 0 Å². The molecule has 19 heavy (non-hydrogen) atoms. The van der Waals surface area contributed by atoms with Crippen LogP contribution >= 0.6 is 11.6 Å². The van der Waals surface area contributed by atoms with Gasteiger partial charge >= 0.3 is 11.7 Å². The molecule has 104 valence electrons. The van der Waals surface area contributed by atoms with Gasteiger partial charge < -0.3 is 15.6 Å². The van der Waals surface area contributed by atoms with Gasteiger partial charge in [0.2, 0.25) is 0 Å². The Kier molecular flexibility index (Phi) is 4.68. The number of aliphatic carboxylic acids is 1. The number of nitrogens with two attached hydrogens (primary N) is 1. The first-order valence-corrected chi connectivity index (χ1v) is 5.71. The highest BCUT2D eigenvalue weighted by molar-refractivity contribution is 6.30. The smallest absolute Gasteiger partial charge is 0.323 e. The maximum absolute atomic E-state index is 10.8. The van der Waals surface area contributed by atoms with E-state index in [9.17, 15) is 14.9 Å². The molecule has 1 aromatic rings. The summed E-state index contributed by atoms with van der Waals surface area (Å²) in [5.74, 6) is -1.18. The highest BCUT2D eigenvalue weighted by Crippen LogP contribution is 2.30. The molecule has 1 unspecified atom stereocenters. The van der Waals surface area contributed by atoms with Gasteiger partial charge in [0, 0.05) is 23.6 Å². The number of hydrogen-bond donors (Lipinski definition) is 2. The summed E-state index contributed by atoms with van der Waals surface area (Å²) in [5.41, 5.74) is 3.82. The first kappa shape index (κ1) is 15.2. The normalized spacial score (nSPS) is 13.6. The van der Waals surface area contributed by atoms with E-state index in [4.69, 9.17) is 27.2 Å². The van der Waals surface area contributed by atoms with E-state index in [0.717, 1.165) is 0 Å². The molecule has 8 heteroatoms. The first-order chi connectivity index (χ1) is 8.74. The molecule has 7 nitrogen and oxygen atoms in total. The van der Waals surface area contributed by atoms with Crippen molar-refractivity contribution in [1.29, 1.82) is 0 Å². The van der Waals surface area contributed by atoms with Crippen LogP contribution in [0.4, 0.5) is 5.69 Å². The van der Waals surface area contributed by atoms with Crippen molar-refractivity contribution in [2.45, 2.75) is 18.9 Å². The van der Waals surface area contributed by atoms with E-state index in [0.29, 0.717) is 0 Å². The third-order valence-corrected chi connectivity index (χ3v) is 2.72. The van der Waals surface area contributed by atoms with Crippen molar-refractivity contribution in [3.8, 4) is 5.75 Å². The second kappa shape index (κ2) is 5.85. The Morgan fingerprint density at radius 1 is 1.63 bits per heavy atom. The largest absolute Gasteiger partial charge is 0.487 e. The highest BCUT2D eigenvalue weighted by Gasteiger charge is 2.28. The number of ether oxygens (including phenoxy) is 1. The summed E-state index contributed by atoms with van der Waals surface area (Å²) in [4.78, 5) is 20.9. The van der Waals surface area contributed by atoms with Crippen molar-refractivity contribution >= 4 is 23.3 Å². The van der Waals surface area contributed by atoms with Crippen molar-refractivity contribution in [2.24, 2.45) is 5.73 Å². The minimum Gasteiger partial charge on any atom is -0.487 e. The van der Waals surface area contributed by atoms with Crippen LogP contribution in [0.15, 0.2) is 18.2 Å². The molecule has 0 saturated heterocycles. The van der Waals surface area contributed by atoms with Gasteiger partial charge in [0.05, 0.1) is 11.5 Å². The minimum atomic E-state index is -1.45. The van der Waals surface area contributed by atoms with Gasteiger partial charge in [-0.3, -0.25) is 14.9 Å². The van der Waals surface area contributed by atoms with Crippen LogP contribution in [-0.2, 0) is 4.79 Å². The summed E-state index contributed by atoms with van der Waals surface area (Å²) in [6.07, 6.45) is 0.00595. The van der Waals surface area contributed by atoms with Gasteiger partial charge in [-0.25, -0.2) is 0 Å². The summed E-state index contributed by atoms with van der Waals surface area (Å²) in [6, 6.07) is 3.89. The third kappa shape index (κ3) is 4.08. The zero-order valence-electron chi connectivity index (χ0n) is 10.1. The first-order valence-electron chi connectivity index (χ1n) is 5.33. The number of nitrogens with zero attached hydrogens (tertiary/aromatic N) is 1. The Balaban J connectivity index is 2.75. The van der Waals surface area contributed by atoms with Gasteiger partial charge in [-0.2, -0.15) is 0 Å². The Labute approximate surface area is 114 Å². The fourth-order valence-electron chi connectivity index (χ4n) is 1.23. The molecule has 0 aliphatic rings. The Morgan fingerprint density at radius 2 is 2.26 bits per heavy atom.